The molecule has 0 heterocycles. The molecule has 0 bridgehead atoms. The Balaban J connectivity index is 2.11. The number of amides is 1. The van der Waals surface area contributed by atoms with Crippen molar-refractivity contribution in [1.82, 2.24) is 4.90 Å². The number of nitrogens with zero attached hydrogens (tertiary/aromatic N) is 1. The minimum Gasteiger partial charge on any atom is -0.508 e. The van der Waals surface area contributed by atoms with E-state index < -0.39 is 0 Å². The van der Waals surface area contributed by atoms with Crippen molar-refractivity contribution in [3.8, 4) is 5.75 Å². The molecular formula is C16H22ClNO2. The SMILES string of the molecule is CN(C(=O)c1cc(O)ccc1Cl)C1CCC(C)(C)CC1. The zero-order valence-electron chi connectivity index (χ0n) is 12.3. The Morgan fingerprint density at radius 3 is 2.55 bits per heavy atom. The van der Waals surface area contributed by atoms with Gasteiger partial charge in [-0.05, 0) is 49.3 Å². The normalized spacial score (nSPS) is 18.8. The fourth-order valence-electron chi connectivity index (χ4n) is 2.80. The van der Waals surface area contributed by atoms with Gasteiger partial charge in [0.15, 0.2) is 0 Å². The summed E-state index contributed by atoms with van der Waals surface area (Å²) in [7, 11) is 1.83. The van der Waals surface area contributed by atoms with E-state index in [0.717, 1.165) is 25.7 Å². The van der Waals surface area contributed by atoms with Crippen LogP contribution in [0.2, 0.25) is 5.02 Å². The molecule has 0 saturated heterocycles. The van der Waals surface area contributed by atoms with E-state index in [9.17, 15) is 9.90 Å². The van der Waals surface area contributed by atoms with Crippen LogP contribution in [0.15, 0.2) is 18.2 Å². The minimum absolute atomic E-state index is 0.0657. The molecule has 20 heavy (non-hydrogen) atoms. The molecule has 1 aliphatic carbocycles. The Bertz CT molecular complexity index is 503. The summed E-state index contributed by atoms with van der Waals surface area (Å²) < 4.78 is 0. The molecule has 2 rings (SSSR count). The third-order valence-corrected chi connectivity index (χ3v) is 4.69. The maximum atomic E-state index is 12.5. The summed E-state index contributed by atoms with van der Waals surface area (Å²) in [6.07, 6.45) is 4.30. The smallest absolute Gasteiger partial charge is 0.255 e. The molecule has 1 N–H and O–H groups in total. The average Bonchev–Trinajstić information content (AvgIpc) is 2.40. The van der Waals surface area contributed by atoms with Crippen molar-refractivity contribution in [2.75, 3.05) is 7.05 Å². The van der Waals surface area contributed by atoms with Gasteiger partial charge >= 0.3 is 0 Å². The van der Waals surface area contributed by atoms with Crippen molar-refractivity contribution in [1.29, 1.82) is 0 Å². The van der Waals surface area contributed by atoms with Crippen molar-refractivity contribution >= 4 is 17.5 Å². The number of rotatable bonds is 2. The van der Waals surface area contributed by atoms with Crippen LogP contribution in [0.25, 0.3) is 0 Å². The molecule has 4 heteroatoms. The van der Waals surface area contributed by atoms with E-state index in [4.69, 9.17) is 11.6 Å². The standard InChI is InChI=1S/C16H22ClNO2/c1-16(2)8-6-11(7-9-16)18(3)15(20)13-10-12(19)4-5-14(13)17/h4-5,10-11,19H,6-9H2,1-3H3. The van der Waals surface area contributed by atoms with E-state index in [1.54, 1.807) is 11.0 Å². The maximum absolute atomic E-state index is 12.5. The van der Waals surface area contributed by atoms with Gasteiger partial charge in [-0.25, -0.2) is 0 Å². The second-order valence-electron chi connectivity index (χ2n) is 6.48. The third kappa shape index (κ3) is 3.26. The summed E-state index contributed by atoms with van der Waals surface area (Å²) >= 11 is 6.06. The van der Waals surface area contributed by atoms with Gasteiger partial charge in [-0.3, -0.25) is 4.79 Å². The van der Waals surface area contributed by atoms with E-state index in [0.29, 0.717) is 16.0 Å². The van der Waals surface area contributed by atoms with Crippen LogP contribution in [0.1, 0.15) is 49.9 Å². The van der Waals surface area contributed by atoms with Crippen LogP contribution in [0.5, 0.6) is 5.75 Å². The molecule has 1 saturated carbocycles. The predicted octanol–water partition coefficient (Wildman–Crippen LogP) is 4.09. The van der Waals surface area contributed by atoms with Crippen LogP contribution in [0.4, 0.5) is 0 Å². The molecule has 0 atom stereocenters. The number of carbonyl (C=O) groups excluding carboxylic acids is 1. The first-order chi connectivity index (χ1) is 9.30. The van der Waals surface area contributed by atoms with Crippen LogP contribution in [-0.4, -0.2) is 29.0 Å². The Morgan fingerprint density at radius 1 is 1.35 bits per heavy atom. The number of phenolic OH excluding ortho intramolecular Hbond substituents is 1. The van der Waals surface area contributed by atoms with Crippen molar-refractivity contribution in [2.45, 2.75) is 45.6 Å². The Labute approximate surface area is 125 Å². The van der Waals surface area contributed by atoms with E-state index >= 15 is 0 Å². The van der Waals surface area contributed by atoms with E-state index in [-0.39, 0.29) is 17.7 Å². The molecule has 1 aromatic carbocycles. The molecule has 0 radical (unpaired) electrons. The summed E-state index contributed by atoms with van der Waals surface area (Å²) in [4.78, 5) is 14.3. The highest BCUT2D eigenvalue weighted by atomic mass is 35.5. The molecule has 3 nitrogen and oxygen atoms in total. The highest BCUT2D eigenvalue weighted by Crippen LogP contribution is 2.37. The van der Waals surface area contributed by atoms with E-state index in [1.165, 1.54) is 12.1 Å². The molecule has 0 aromatic heterocycles. The molecule has 110 valence electrons. The number of carbonyl (C=O) groups is 1. The molecule has 1 amide bonds. The van der Waals surface area contributed by atoms with Crippen LogP contribution >= 0.6 is 11.6 Å². The summed E-state index contributed by atoms with van der Waals surface area (Å²) in [5.74, 6) is -0.0495. The first-order valence-corrected chi connectivity index (χ1v) is 7.44. The third-order valence-electron chi connectivity index (χ3n) is 4.36. The molecule has 0 aliphatic heterocycles. The molecule has 0 spiro atoms. The van der Waals surface area contributed by atoms with Gasteiger partial charge in [0.2, 0.25) is 0 Å². The largest absolute Gasteiger partial charge is 0.508 e. The second kappa shape index (κ2) is 5.65. The first kappa shape index (κ1) is 15.2. The minimum atomic E-state index is -0.115. The fourth-order valence-corrected chi connectivity index (χ4v) is 3.00. The van der Waals surface area contributed by atoms with Crippen molar-refractivity contribution < 1.29 is 9.90 Å². The maximum Gasteiger partial charge on any atom is 0.255 e. The number of hydrogen-bond acceptors (Lipinski definition) is 2. The zero-order chi connectivity index (χ0) is 14.9. The molecule has 1 aliphatic rings. The average molecular weight is 296 g/mol. The highest BCUT2D eigenvalue weighted by molar-refractivity contribution is 6.33. The molecule has 1 fully saturated rings. The second-order valence-corrected chi connectivity index (χ2v) is 6.88. The quantitative estimate of drug-likeness (QED) is 0.893. The number of halogens is 1. The monoisotopic (exact) mass is 295 g/mol. The van der Waals surface area contributed by atoms with Gasteiger partial charge < -0.3 is 10.0 Å². The molecule has 0 unspecified atom stereocenters. The van der Waals surface area contributed by atoms with Crippen molar-refractivity contribution in [2.24, 2.45) is 5.41 Å². The fraction of sp³-hybridized carbons (Fsp3) is 0.562. The lowest BCUT2D eigenvalue weighted by molar-refractivity contribution is 0.0635. The van der Waals surface area contributed by atoms with E-state index in [1.807, 2.05) is 7.05 Å². The molecular weight excluding hydrogens is 274 g/mol. The van der Waals surface area contributed by atoms with Gasteiger partial charge in [0.05, 0.1) is 10.6 Å². The Morgan fingerprint density at radius 2 is 1.95 bits per heavy atom. The summed E-state index contributed by atoms with van der Waals surface area (Å²) in [6.45, 7) is 4.55. The van der Waals surface area contributed by atoms with Gasteiger partial charge in [0.25, 0.3) is 5.91 Å². The lowest BCUT2D eigenvalue weighted by atomic mass is 9.75. The first-order valence-electron chi connectivity index (χ1n) is 7.06. The summed E-state index contributed by atoms with van der Waals surface area (Å²) in [5.41, 5.74) is 0.752. The van der Waals surface area contributed by atoms with Gasteiger partial charge in [-0.2, -0.15) is 0 Å². The number of hydrogen-bond donors (Lipinski definition) is 1. The van der Waals surface area contributed by atoms with Crippen molar-refractivity contribution in [3.63, 3.8) is 0 Å². The van der Waals surface area contributed by atoms with Crippen LogP contribution in [0.3, 0.4) is 0 Å². The van der Waals surface area contributed by atoms with Crippen LogP contribution in [0, 0.1) is 5.41 Å². The predicted molar refractivity (Wildman–Crippen MR) is 81.2 cm³/mol. The number of benzene rings is 1. The van der Waals surface area contributed by atoms with Gasteiger partial charge in [-0.15, -0.1) is 0 Å². The summed E-state index contributed by atoms with van der Waals surface area (Å²) in [6, 6.07) is 4.74. The Hall–Kier alpha value is -1.22. The van der Waals surface area contributed by atoms with Crippen LogP contribution < -0.4 is 0 Å². The highest BCUT2D eigenvalue weighted by Gasteiger charge is 2.31. The van der Waals surface area contributed by atoms with E-state index in [2.05, 4.69) is 13.8 Å². The summed E-state index contributed by atoms with van der Waals surface area (Å²) in [5, 5.41) is 9.90. The Kier molecular flexibility index (Phi) is 4.28. The number of aromatic hydroxyl groups is 1. The van der Waals surface area contributed by atoms with Gasteiger partial charge in [0.1, 0.15) is 5.75 Å². The lowest BCUT2D eigenvalue weighted by Crippen LogP contribution is -2.40. The van der Waals surface area contributed by atoms with Gasteiger partial charge in [-0.1, -0.05) is 25.4 Å². The number of phenols is 1. The van der Waals surface area contributed by atoms with Gasteiger partial charge in [0, 0.05) is 13.1 Å². The topological polar surface area (TPSA) is 40.5 Å². The van der Waals surface area contributed by atoms with Crippen molar-refractivity contribution in [3.05, 3.63) is 28.8 Å². The van der Waals surface area contributed by atoms with Crippen LogP contribution in [-0.2, 0) is 0 Å². The zero-order valence-corrected chi connectivity index (χ0v) is 13.1. The molecule has 1 aromatic rings. The lowest BCUT2D eigenvalue weighted by Gasteiger charge is -2.38.